The van der Waals surface area contributed by atoms with Crippen molar-refractivity contribution in [3.05, 3.63) is 12.2 Å². The molecule has 0 nitrogen and oxygen atoms in total. The fourth-order valence-electron chi connectivity index (χ4n) is 0.324. The van der Waals surface area contributed by atoms with Gasteiger partial charge < -0.3 is 0 Å². The number of halogens is 1. The van der Waals surface area contributed by atoms with Crippen molar-refractivity contribution in [3.8, 4) is 0 Å². The molecule has 0 aliphatic carbocycles. The lowest BCUT2D eigenvalue weighted by atomic mass is 10.3. The van der Waals surface area contributed by atoms with E-state index in [9.17, 15) is 0 Å². The highest BCUT2D eigenvalue weighted by atomic mass is 35.5. The molecule has 0 saturated carbocycles. The molecule has 1 unspecified atom stereocenters. The molecule has 0 aromatic rings. The summed E-state index contributed by atoms with van der Waals surface area (Å²) in [5.74, 6) is 0. The molecule has 0 saturated heterocycles. The van der Waals surface area contributed by atoms with Crippen molar-refractivity contribution in [3.63, 3.8) is 0 Å². The molecular weight excluding hydrogens is 108 g/mol. The van der Waals surface area contributed by atoms with E-state index in [1.54, 1.807) is 0 Å². The summed E-state index contributed by atoms with van der Waals surface area (Å²) in [6, 6.07) is 0. The Morgan fingerprint density at radius 1 is 1.71 bits per heavy atom. The normalized spacial score (nSPS) is 15.3. The zero-order chi connectivity index (χ0) is 5.70. The lowest BCUT2D eigenvalue weighted by Crippen LogP contribution is -1.78. The van der Waals surface area contributed by atoms with Crippen LogP contribution in [0.15, 0.2) is 12.2 Å². The van der Waals surface area contributed by atoms with Crippen molar-refractivity contribution >= 4 is 11.6 Å². The second-order valence-electron chi connectivity index (χ2n) is 1.51. The maximum atomic E-state index is 5.57. The summed E-state index contributed by atoms with van der Waals surface area (Å²) < 4.78 is 0. The van der Waals surface area contributed by atoms with Crippen molar-refractivity contribution in [1.82, 2.24) is 0 Å². The summed E-state index contributed by atoms with van der Waals surface area (Å²) in [4.78, 5) is 0. The predicted octanol–water partition coefficient (Wildman–Crippen LogP) is 2.58. The Morgan fingerprint density at radius 3 is 2.43 bits per heavy atom. The fourth-order valence-corrected chi connectivity index (χ4v) is 0.426. The van der Waals surface area contributed by atoms with Crippen molar-refractivity contribution in [2.24, 2.45) is 0 Å². The Balaban J connectivity index is 3.08. The third-order valence-electron chi connectivity index (χ3n) is 0.637. The van der Waals surface area contributed by atoms with Crippen LogP contribution in [0.4, 0.5) is 0 Å². The van der Waals surface area contributed by atoms with E-state index < -0.39 is 0 Å². The quantitative estimate of drug-likeness (QED) is 0.386. The maximum Gasteiger partial charge on any atom is 0.0487 e. The summed E-state index contributed by atoms with van der Waals surface area (Å²) in [5.41, 5.74) is 0. The van der Waals surface area contributed by atoms with Crippen LogP contribution in [0, 0.1) is 0 Å². The molecule has 0 aliphatic heterocycles. The molecule has 7 heavy (non-hydrogen) atoms. The number of rotatable bonds is 2. The van der Waals surface area contributed by atoms with Gasteiger partial charge in [0, 0.05) is 5.38 Å². The first-order valence-electron chi connectivity index (χ1n) is 2.58. The van der Waals surface area contributed by atoms with E-state index in [0.717, 1.165) is 6.42 Å². The van der Waals surface area contributed by atoms with Crippen LogP contribution < -0.4 is 0 Å². The molecule has 0 N–H and O–H groups in total. The van der Waals surface area contributed by atoms with Crippen molar-refractivity contribution in [2.75, 3.05) is 0 Å². The lowest BCUT2D eigenvalue weighted by molar-refractivity contribution is 1.16. The van der Waals surface area contributed by atoms with Gasteiger partial charge in [0.15, 0.2) is 0 Å². The second kappa shape index (κ2) is 4.20. The van der Waals surface area contributed by atoms with Crippen molar-refractivity contribution in [1.29, 1.82) is 0 Å². The Morgan fingerprint density at radius 2 is 2.29 bits per heavy atom. The molecule has 1 heteroatoms. The van der Waals surface area contributed by atoms with Gasteiger partial charge in [-0.25, -0.2) is 0 Å². The van der Waals surface area contributed by atoms with E-state index >= 15 is 0 Å². The third-order valence-corrected chi connectivity index (χ3v) is 0.782. The molecule has 0 aromatic heterocycles. The summed E-state index contributed by atoms with van der Waals surface area (Å²) in [7, 11) is 0. The Labute approximate surface area is 50.2 Å². The predicted molar refractivity (Wildman–Crippen MR) is 34.7 cm³/mol. The van der Waals surface area contributed by atoms with Gasteiger partial charge in [0.1, 0.15) is 0 Å². The lowest BCUT2D eigenvalue weighted by Gasteiger charge is -1.86. The van der Waals surface area contributed by atoms with Crippen molar-refractivity contribution in [2.45, 2.75) is 25.6 Å². The van der Waals surface area contributed by atoms with Gasteiger partial charge in [-0.1, -0.05) is 19.1 Å². The van der Waals surface area contributed by atoms with E-state index in [0.29, 0.717) is 0 Å². The van der Waals surface area contributed by atoms with Crippen LogP contribution in [0.3, 0.4) is 0 Å². The molecule has 0 radical (unpaired) electrons. The standard InChI is InChI=1S/C6H11Cl/c1-3-4-5-6(2)7/h4-6H,3H2,1-2H3/b5-4-. The van der Waals surface area contributed by atoms with Gasteiger partial charge in [0.25, 0.3) is 0 Å². The smallest absolute Gasteiger partial charge is 0.0487 e. The summed E-state index contributed by atoms with van der Waals surface area (Å²) in [6.45, 7) is 4.05. The summed E-state index contributed by atoms with van der Waals surface area (Å²) >= 11 is 5.57. The average Bonchev–Trinajstić information content (AvgIpc) is 1.61. The summed E-state index contributed by atoms with van der Waals surface area (Å²) in [5, 5.41) is 0.194. The third kappa shape index (κ3) is 6.03. The molecule has 0 fully saturated rings. The molecule has 0 amide bonds. The number of alkyl halides is 1. The molecule has 0 heterocycles. The van der Waals surface area contributed by atoms with Gasteiger partial charge in [-0.3, -0.25) is 0 Å². The highest BCUT2D eigenvalue weighted by Crippen LogP contribution is 1.94. The molecule has 0 aromatic carbocycles. The van der Waals surface area contributed by atoms with E-state index in [1.807, 2.05) is 13.0 Å². The number of hydrogen-bond donors (Lipinski definition) is 0. The fraction of sp³-hybridized carbons (Fsp3) is 0.667. The molecule has 1 atom stereocenters. The zero-order valence-electron chi connectivity index (χ0n) is 4.82. The maximum absolute atomic E-state index is 5.57. The Bertz CT molecular complexity index is 55.2. The van der Waals surface area contributed by atoms with Gasteiger partial charge in [-0.15, -0.1) is 11.6 Å². The minimum Gasteiger partial charge on any atom is -0.119 e. The van der Waals surface area contributed by atoms with Crippen LogP contribution >= 0.6 is 11.6 Å². The van der Waals surface area contributed by atoms with Crippen LogP contribution in [0.25, 0.3) is 0 Å². The van der Waals surface area contributed by atoms with E-state index in [2.05, 4.69) is 13.0 Å². The minimum atomic E-state index is 0.194. The SMILES string of the molecule is CC/C=C\C(C)Cl. The van der Waals surface area contributed by atoms with Crippen LogP contribution in [0.1, 0.15) is 20.3 Å². The second-order valence-corrected chi connectivity index (χ2v) is 2.20. The van der Waals surface area contributed by atoms with Crippen molar-refractivity contribution < 1.29 is 0 Å². The van der Waals surface area contributed by atoms with E-state index in [4.69, 9.17) is 11.6 Å². The van der Waals surface area contributed by atoms with Gasteiger partial charge in [0.05, 0.1) is 0 Å². The first-order valence-corrected chi connectivity index (χ1v) is 3.01. The molecule has 0 spiro atoms. The first-order chi connectivity index (χ1) is 3.27. The molecule has 0 bridgehead atoms. The zero-order valence-corrected chi connectivity index (χ0v) is 5.57. The molecular formula is C6H11Cl. The van der Waals surface area contributed by atoms with Gasteiger partial charge >= 0.3 is 0 Å². The highest BCUT2D eigenvalue weighted by molar-refractivity contribution is 6.21. The topological polar surface area (TPSA) is 0 Å². The van der Waals surface area contributed by atoms with Gasteiger partial charge in [-0.2, -0.15) is 0 Å². The van der Waals surface area contributed by atoms with Gasteiger partial charge in [0.2, 0.25) is 0 Å². The Hall–Kier alpha value is 0.0300. The van der Waals surface area contributed by atoms with E-state index in [-0.39, 0.29) is 5.38 Å². The van der Waals surface area contributed by atoms with Crippen LogP contribution in [0.2, 0.25) is 0 Å². The van der Waals surface area contributed by atoms with E-state index in [1.165, 1.54) is 0 Å². The van der Waals surface area contributed by atoms with Crippen LogP contribution in [-0.2, 0) is 0 Å². The highest BCUT2D eigenvalue weighted by Gasteiger charge is 1.81. The average molecular weight is 119 g/mol. The number of allylic oxidation sites excluding steroid dienone is 2. The largest absolute Gasteiger partial charge is 0.119 e. The van der Waals surface area contributed by atoms with Crippen LogP contribution in [-0.4, -0.2) is 5.38 Å². The first kappa shape index (κ1) is 7.03. The van der Waals surface area contributed by atoms with Gasteiger partial charge in [-0.05, 0) is 13.3 Å². The molecule has 0 rings (SSSR count). The molecule has 42 valence electrons. The summed E-state index contributed by atoms with van der Waals surface area (Å²) in [6.07, 6.45) is 5.14. The number of hydrogen-bond acceptors (Lipinski definition) is 0. The van der Waals surface area contributed by atoms with Crippen LogP contribution in [0.5, 0.6) is 0 Å². The molecule has 0 aliphatic rings. The Kier molecular flexibility index (Phi) is 4.21. The monoisotopic (exact) mass is 118 g/mol. The minimum absolute atomic E-state index is 0.194.